The lowest BCUT2D eigenvalue weighted by Gasteiger charge is -2.35. The Morgan fingerprint density at radius 3 is 2.43 bits per heavy atom. The molecule has 2 aromatic carbocycles. The zero-order chi connectivity index (χ0) is 19.9. The standard InChI is InChI=1S/C22H27FN2O3/c1-16-12-25(13-17(2)28-16)14-19-6-4-3-5-18(19)11-24-22(26)15-27-21-9-7-20(23)8-10-21/h3-10,16-17H,11-15H2,1-2H3,(H,24,26). The highest BCUT2D eigenvalue weighted by molar-refractivity contribution is 5.77. The van der Waals surface area contributed by atoms with Crippen molar-refractivity contribution < 1.29 is 18.7 Å². The quantitative estimate of drug-likeness (QED) is 0.794. The average Bonchev–Trinajstić information content (AvgIpc) is 2.66. The molecule has 0 aliphatic carbocycles. The molecule has 1 saturated heterocycles. The van der Waals surface area contributed by atoms with Crippen molar-refractivity contribution in [3.8, 4) is 5.75 Å². The van der Waals surface area contributed by atoms with E-state index in [1.165, 1.54) is 29.8 Å². The van der Waals surface area contributed by atoms with Crippen LogP contribution in [0.2, 0.25) is 0 Å². The Bertz CT molecular complexity index is 772. The van der Waals surface area contributed by atoms with Gasteiger partial charge in [-0.05, 0) is 49.2 Å². The largest absolute Gasteiger partial charge is 0.484 e. The van der Waals surface area contributed by atoms with E-state index in [0.29, 0.717) is 12.3 Å². The van der Waals surface area contributed by atoms with Gasteiger partial charge in [0.25, 0.3) is 5.91 Å². The molecule has 0 aromatic heterocycles. The predicted molar refractivity (Wildman–Crippen MR) is 105 cm³/mol. The van der Waals surface area contributed by atoms with Crippen LogP contribution in [0.4, 0.5) is 4.39 Å². The van der Waals surface area contributed by atoms with E-state index in [-0.39, 0.29) is 30.5 Å². The van der Waals surface area contributed by atoms with Crippen LogP contribution in [0.15, 0.2) is 48.5 Å². The molecule has 2 unspecified atom stereocenters. The van der Waals surface area contributed by atoms with E-state index in [9.17, 15) is 9.18 Å². The Labute approximate surface area is 165 Å². The van der Waals surface area contributed by atoms with Crippen molar-refractivity contribution in [1.29, 1.82) is 0 Å². The fourth-order valence-electron chi connectivity index (χ4n) is 3.46. The number of carbonyl (C=O) groups is 1. The van der Waals surface area contributed by atoms with Gasteiger partial charge in [0.15, 0.2) is 6.61 Å². The van der Waals surface area contributed by atoms with E-state index in [4.69, 9.17) is 9.47 Å². The van der Waals surface area contributed by atoms with Gasteiger partial charge in [-0.3, -0.25) is 9.69 Å². The number of hydrogen-bond acceptors (Lipinski definition) is 4. The molecule has 1 fully saturated rings. The lowest BCUT2D eigenvalue weighted by atomic mass is 10.1. The number of amides is 1. The van der Waals surface area contributed by atoms with Gasteiger partial charge in [0, 0.05) is 26.2 Å². The second-order valence-corrected chi connectivity index (χ2v) is 7.24. The molecule has 150 valence electrons. The molecule has 1 heterocycles. The van der Waals surface area contributed by atoms with Crippen LogP contribution in [0.25, 0.3) is 0 Å². The van der Waals surface area contributed by atoms with Crippen molar-refractivity contribution in [1.82, 2.24) is 10.2 Å². The minimum absolute atomic E-state index is 0.105. The van der Waals surface area contributed by atoms with Gasteiger partial charge in [0.2, 0.25) is 0 Å². The highest BCUT2D eigenvalue weighted by Gasteiger charge is 2.22. The first kappa shape index (κ1) is 20.3. The molecule has 0 bridgehead atoms. The topological polar surface area (TPSA) is 50.8 Å². The number of rotatable bonds is 7. The van der Waals surface area contributed by atoms with E-state index in [1.807, 2.05) is 18.2 Å². The SMILES string of the molecule is CC1CN(Cc2ccccc2CNC(=O)COc2ccc(F)cc2)CC(C)O1. The Morgan fingerprint density at radius 1 is 1.11 bits per heavy atom. The van der Waals surface area contributed by atoms with Crippen molar-refractivity contribution in [3.63, 3.8) is 0 Å². The summed E-state index contributed by atoms with van der Waals surface area (Å²) in [7, 11) is 0. The molecule has 1 aliphatic rings. The van der Waals surface area contributed by atoms with Crippen LogP contribution in [0, 0.1) is 5.82 Å². The van der Waals surface area contributed by atoms with E-state index >= 15 is 0 Å². The molecule has 2 aromatic rings. The summed E-state index contributed by atoms with van der Waals surface area (Å²) < 4.78 is 24.1. The second-order valence-electron chi connectivity index (χ2n) is 7.24. The number of ether oxygens (including phenoxy) is 2. The van der Waals surface area contributed by atoms with Crippen LogP contribution >= 0.6 is 0 Å². The second kappa shape index (κ2) is 9.66. The molecule has 5 nitrogen and oxygen atoms in total. The lowest BCUT2D eigenvalue weighted by molar-refractivity contribution is -0.123. The third-order valence-corrected chi connectivity index (χ3v) is 4.67. The van der Waals surface area contributed by atoms with E-state index in [0.717, 1.165) is 25.2 Å². The number of nitrogens with one attached hydrogen (secondary N) is 1. The predicted octanol–water partition coefficient (Wildman–Crippen LogP) is 3.13. The summed E-state index contributed by atoms with van der Waals surface area (Å²) in [4.78, 5) is 14.5. The maximum absolute atomic E-state index is 12.9. The first-order valence-corrected chi connectivity index (χ1v) is 9.59. The molecule has 0 spiro atoms. The van der Waals surface area contributed by atoms with Crippen molar-refractivity contribution in [2.45, 2.75) is 39.1 Å². The fraction of sp³-hybridized carbons (Fsp3) is 0.409. The van der Waals surface area contributed by atoms with Gasteiger partial charge in [0.05, 0.1) is 12.2 Å². The monoisotopic (exact) mass is 386 g/mol. The normalized spacial score (nSPS) is 20.0. The van der Waals surface area contributed by atoms with Gasteiger partial charge in [-0.15, -0.1) is 0 Å². The Balaban J connectivity index is 1.51. The van der Waals surface area contributed by atoms with Crippen LogP contribution in [0.1, 0.15) is 25.0 Å². The third kappa shape index (κ3) is 6.04. The van der Waals surface area contributed by atoms with Crippen LogP contribution < -0.4 is 10.1 Å². The van der Waals surface area contributed by atoms with Gasteiger partial charge in [-0.25, -0.2) is 4.39 Å². The average molecular weight is 386 g/mol. The molecule has 1 N–H and O–H groups in total. The maximum atomic E-state index is 12.9. The summed E-state index contributed by atoms with van der Waals surface area (Å²) in [5.74, 6) is -0.0854. The zero-order valence-electron chi connectivity index (χ0n) is 16.4. The first-order valence-electron chi connectivity index (χ1n) is 9.59. The Kier molecular flexibility index (Phi) is 7.01. The number of nitrogens with zero attached hydrogens (tertiary/aromatic N) is 1. The van der Waals surface area contributed by atoms with Crippen molar-refractivity contribution in [2.75, 3.05) is 19.7 Å². The summed E-state index contributed by atoms with van der Waals surface area (Å²) in [5, 5.41) is 2.89. The molecule has 2 atom stereocenters. The minimum Gasteiger partial charge on any atom is -0.484 e. The fourth-order valence-corrected chi connectivity index (χ4v) is 3.46. The van der Waals surface area contributed by atoms with Gasteiger partial charge < -0.3 is 14.8 Å². The molecule has 28 heavy (non-hydrogen) atoms. The molecule has 0 saturated carbocycles. The zero-order valence-corrected chi connectivity index (χ0v) is 16.4. The molecule has 3 rings (SSSR count). The maximum Gasteiger partial charge on any atom is 0.258 e. The summed E-state index contributed by atoms with van der Waals surface area (Å²) in [6.45, 7) is 7.15. The smallest absolute Gasteiger partial charge is 0.258 e. The Morgan fingerprint density at radius 2 is 1.75 bits per heavy atom. The van der Waals surface area contributed by atoms with Crippen molar-refractivity contribution >= 4 is 5.91 Å². The van der Waals surface area contributed by atoms with Gasteiger partial charge >= 0.3 is 0 Å². The lowest BCUT2D eigenvalue weighted by Crippen LogP contribution is -2.45. The van der Waals surface area contributed by atoms with E-state index in [2.05, 4.69) is 30.1 Å². The molecular formula is C22H27FN2O3. The van der Waals surface area contributed by atoms with Crippen LogP contribution in [0.3, 0.4) is 0 Å². The highest BCUT2D eigenvalue weighted by Crippen LogP contribution is 2.17. The van der Waals surface area contributed by atoms with Crippen LogP contribution in [-0.2, 0) is 22.6 Å². The molecule has 0 radical (unpaired) electrons. The number of carbonyl (C=O) groups excluding carboxylic acids is 1. The summed E-state index contributed by atoms with van der Waals surface area (Å²) in [5.41, 5.74) is 2.29. The number of morpholine rings is 1. The summed E-state index contributed by atoms with van der Waals surface area (Å²) >= 11 is 0. The van der Waals surface area contributed by atoms with Gasteiger partial charge in [-0.1, -0.05) is 24.3 Å². The third-order valence-electron chi connectivity index (χ3n) is 4.67. The molecule has 1 aliphatic heterocycles. The van der Waals surface area contributed by atoms with Crippen LogP contribution in [0.5, 0.6) is 5.75 Å². The Hall–Kier alpha value is -2.44. The molecule has 6 heteroatoms. The van der Waals surface area contributed by atoms with E-state index < -0.39 is 0 Å². The number of hydrogen-bond donors (Lipinski definition) is 1. The van der Waals surface area contributed by atoms with Crippen molar-refractivity contribution in [3.05, 3.63) is 65.5 Å². The van der Waals surface area contributed by atoms with E-state index in [1.54, 1.807) is 0 Å². The summed E-state index contributed by atoms with van der Waals surface area (Å²) in [6.07, 6.45) is 0.443. The highest BCUT2D eigenvalue weighted by atomic mass is 19.1. The minimum atomic E-state index is -0.336. The molecular weight excluding hydrogens is 359 g/mol. The summed E-state index contributed by atoms with van der Waals surface area (Å²) in [6, 6.07) is 13.7. The number of halogens is 1. The van der Waals surface area contributed by atoms with Crippen molar-refractivity contribution in [2.24, 2.45) is 0 Å². The van der Waals surface area contributed by atoms with Gasteiger partial charge in [0.1, 0.15) is 11.6 Å². The number of benzene rings is 2. The van der Waals surface area contributed by atoms with Gasteiger partial charge in [-0.2, -0.15) is 0 Å². The molecule has 1 amide bonds. The van der Waals surface area contributed by atoms with Crippen LogP contribution in [-0.4, -0.2) is 42.7 Å². The first-order chi connectivity index (χ1) is 13.5.